The first kappa shape index (κ1) is 18.9. The number of amides is 1. The molecule has 0 radical (unpaired) electrons. The van der Waals surface area contributed by atoms with Gasteiger partial charge in [0.05, 0.1) is 6.04 Å². The Bertz CT molecular complexity index is 800. The number of halogens is 1. The van der Waals surface area contributed by atoms with Gasteiger partial charge in [0.2, 0.25) is 0 Å². The molecule has 1 N–H and O–H groups in total. The van der Waals surface area contributed by atoms with Gasteiger partial charge >= 0.3 is 5.97 Å². The van der Waals surface area contributed by atoms with Crippen LogP contribution in [0.4, 0.5) is 0 Å². The molecule has 2 atom stereocenters. The molecule has 26 heavy (non-hydrogen) atoms. The first-order valence-electron chi connectivity index (χ1n) is 8.76. The highest BCUT2D eigenvalue weighted by Gasteiger charge is 2.22. The Morgan fingerprint density at radius 2 is 2.08 bits per heavy atom. The maximum atomic E-state index is 12.2. The maximum absolute atomic E-state index is 12.2. The second kappa shape index (κ2) is 8.23. The van der Waals surface area contributed by atoms with Gasteiger partial charge in [0.25, 0.3) is 5.91 Å². The van der Waals surface area contributed by atoms with Crippen LogP contribution in [0.5, 0.6) is 0 Å². The number of benzene rings is 1. The quantitative estimate of drug-likeness (QED) is 0.760. The van der Waals surface area contributed by atoms with E-state index in [1.807, 2.05) is 25.1 Å². The number of carbonyl (C=O) groups is 2. The lowest BCUT2D eigenvalue weighted by molar-refractivity contribution is -0.124. The van der Waals surface area contributed by atoms with Gasteiger partial charge in [-0.2, -0.15) is 0 Å². The summed E-state index contributed by atoms with van der Waals surface area (Å²) in [5.41, 5.74) is 2.19. The van der Waals surface area contributed by atoms with Crippen molar-refractivity contribution in [2.24, 2.45) is 5.92 Å². The van der Waals surface area contributed by atoms with E-state index in [1.54, 1.807) is 12.1 Å². The molecule has 0 aliphatic heterocycles. The standard InChI is InChI=1S/C20H22ClNO3S/c1-12-3-8-17-15(9-12)10-18(26-17)20(24)25-11-19(23)22-13(2)14-4-6-16(21)7-5-14/h4-7,10,12-13H,3,8-9,11H2,1-2H3,(H,22,23)/t12-,13-/m1/s1. The number of fused-ring (bicyclic) bond motifs is 1. The van der Waals surface area contributed by atoms with Gasteiger partial charge in [0.1, 0.15) is 4.88 Å². The molecule has 0 spiro atoms. The van der Waals surface area contributed by atoms with Crippen LogP contribution in [0.25, 0.3) is 0 Å². The topological polar surface area (TPSA) is 55.4 Å². The average molecular weight is 392 g/mol. The lowest BCUT2D eigenvalue weighted by Gasteiger charge is -2.16. The molecular formula is C20H22ClNO3S. The molecule has 0 bridgehead atoms. The smallest absolute Gasteiger partial charge is 0.348 e. The van der Waals surface area contributed by atoms with Crippen molar-refractivity contribution in [3.05, 3.63) is 56.2 Å². The number of aryl methyl sites for hydroxylation is 1. The third kappa shape index (κ3) is 4.65. The molecular weight excluding hydrogens is 370 g/mol. The summed E-state index contributed by atoms with van der Waals surface area (Å²) in [6.45, 7) is 3.82. The van der Waals surface area contributed by atoms with E-state index in [0.717, 1.165) is 24.8 Å². The second-order valence-corrected chi connectivity index (χ2v) is 8.40. The van der Waals surface area contributed by atoms with Gasteiger partial charge in [-0.15, -0.1) is 11.3 Å². The molecule has 1 heterocycles. The number of esters is 1. The van der Waals surface area contributed by atoms with Crippen molar-refractivity contribution in [2.45, 2.75) is 39.2 Å². The van der Waals surface area contributed by atoms with Crippen molar-refractivity contribution in [1.29, 1.82) is 0 Å². The van der Waals surface area contributed by atoms with Crippen LogP contribution in [0, 0.1) is 5.92 Å². The SMILES string of the molecule is C[C@@H]1CCc2sc(C(=O)OCC(=O)N[C@H](C)c3ccc(Cl)cc3)cc2C1. The zero-order valence-electron chi connectivity index (χ0n) is 14.9. The molecule has 138 valence electrons. The summed E-state index contributed by atoms with van der Waals surface area (Å²) in [5.74, 6) is -0.0943. The summed E-state index contributed by atoms with van der Waals surface area (Å²) in [6.07, 6.45) is 3.19. The molecule has 0 saturated carbocycles. The summed E-state index contributed by atoms with van der Waals surface area (Å²) in [6, 6.07) is 9.01. The minimum atomic E-state index is -0.425. The zero-order chi connectivity index (χ0) is 18.7. The van der Waals surface area contributed by atoms with E-state index in [1.165, 1.54) is 21.8 Å². The molecule has 1 amide bonds. The predicted molar refractivity (Wildman–Crippen MR) is 104 cm³/mol. The van der Waals surface area contributed by atoms with E-state index in [0.29, 0.717) is 15.8 Å². The van der Waals surface area contributed by atoms with Crippen LogP contribution in [0.15, 0.2) is 30.3 Å². The molecule has 3 rings (SSSR count). The fraction of sp³-hybridized carbons (Fsp3) is 0.400. The molecule has 1 aliphatic carbocycles. The average Bonchev–Trinajstić information content (AvgIpc) is 3.03. The van der Waals surface area contributed by atoms with E-state index < -0.39 is 5.97 Å². The Labute approximate surface area is 162 Å². The van der Waals surface area contributed by atoms with Crippen molar-refractivity contribution < 1.29 is 14.3 Å². The third-order valence-corrected chi connectivity index (χ3v) is 6.08. The normalized spacial score (nSPS) is 17.3. The van der Waals surface area contributed by atoms with Crippen molar-refractivity contribution >= 4 is 34.8 Å². The van der Waals surface area contributed by atoms with E-state index in [-0.39, 0.29) is 18.6 Å². The van der Waals surface area contributed by atoms with Crippen molar-refractivity contribution in [3.63, 3.8) is 0 Å². The minimum absolute atomic E-state index is 0.186. The molecule has 4 nitrogen and oxygen atoms in total. The molecule has 0 unspecified atom stereocenters. The molecule has 6 heteroatoms. The summed E-state index contributed by atoms with van der Waals surface area (Å²) in [5, 5.41) is 3.47. The monoisotopic (exact) mass is 391 g/mol. The Morgan fingerprint density at radius 1 is 1.35 bits per heavy atom. The summed E-state index contributed by atoms with van der Waals surface area (Å²) >= 11 is 7.36. The van der Waals surface area contributed by atoms with Gasteiger partial charge in [0.15, 0.2) is 6.61 Å². The maximum Gasteiger partial charge on any atom is 0.348 e. The Kier molecular flexibility index (Phi) is 5.99. The second-order valence-electron chi connectivity index (χ2n) is 6.82. The number of rotatable bonds is 5. The van der Waals surface area contributed by atoms with Crippen LogP contribution in [0.3, 0.4) is 0 Å². The molecule has 1 aromatic carbocycles. The van der Waals surface area contributed by atoms with Crippen LogP contribution in [0.1, 0.15) is 52.0 Å². The molecule has 0 fully saturated rings. The molecule has 0 saturated heterocycles. The van der Waals surface area contributed by atoms with E-state index in [2.05, 4.69) is 12.2 Å². The third-order valence-electron chi connectivity index (χ3n) is 4.61. The van der Waals surface area contributed by atoms with Gasteiger partial charge in [-0.1, -0.05) is 30.7 Å². The van der Waals surface area contributed by atoms with Crippen LogP contribution in [-0.4, -0.2) is 18.5 Å². The highest BCUT2D eigenvalue weighted by molar-refractivity contribution is 7.14. The fourth-order valence-corrected chi connectivity index (χ4v) is 4.35. The van der Waals surface area contributed by atoms with Gasteiger partial charge in [0, 0.05) is 9.90 Å². The first-order valence-corrected chi connectivity index (χ1v) is 9.95. The highest BCUT2D eigenvalue weighted by Crippen LogP contribution is 2.32. The predicted octanol–water partition coefficient (Wildman–Crippen LogP) is 4.56. The fourth-order valence-electron chi connectivity index (χ4n) is 3.13. The number of ether oxygens (including phenoxy) is 1. The largest absolute Gasteiger partial charge is 0.451 e. The van der Waals surface area contributed by atoms with Crippen molar-refractivity contribution in [1.82, 2.24) is 5.32 Å². The van der Waals surface area contributed by atoms with Crippen LogP contribution >= 0.6 is 22.9 Å². The number of hydrogen-bond donors (Lipinski definition) is 1. The van der Waals surface area contributed by atoms with Crippen LogP contribution < -0.4 is 5.32 Å². The number of thiophene rings is 1. The number of carbonyl (C=O) groups excluding carboxylic acids is 2. The lowest BCUT2D eigenvalue weighted by atomic mass is 9.90. The van der Waals surface area contributed by atoms with Gasteiger partial charge in [-0.25, -0.2) is 4.79 Å². The minimum Gasteiger partial charge on any atom is -0.451 e. The van der Waals surface area contributed by atoms with Crippen molar-refractivity contribution in [2.75, 3.05) is 6.61 Å². The molecule has 1 aromatic heterocycles. The van der Waals surface area contributed by atoms with Crippen molar-refractivity contribution in [3.8, 4) is 0 Å². The Balaban J connectivity index is 1.51. The Hall–Kier alpha value is -1.85. The van der Waals surface area contributed by atoms with Gasteiger partial charge < -0.3 is 10.1 Å². The van der Waals surface area contributed by atoms with Crippen LogP contribution in [0.2, 0.25) is 5.02 Å². The van der Waals surface area contributed by atoms with E-state index >= 15 is 0 Å². The summed E-state index contributed by atoms with van der Waals surface area (Å²) < 4.78 is 5.19. The number of nitrogens with one attached hydrogen (secondary N) is 1. The van der Waals surface area contributed by atoms with E-state index in [4.69, 9.17) is 16.3 Å². The number of hydrogen-bond acceptors (Lipinski definition) is 4. The highest BCUT2D eigenvalue weighted by atomic mass is 35.5. The molecule has 2 aromatic rings. The lowest BCUT2D eigenvalue weighted by Crippen LogP contribution is -2.31. The van der Waals surface area contributed by atoms with Gasteiger partial charge in [-0.05, 0) is 61.4 Å². The Morgan fingerprint density at radius 3 is 2.81 bits per heavy atom. The summed E-state index contributed by atoms with van der Waals surface area (Å²) in [4.78, 5) is 26.2. The zero-order valence-corrected chi connectivity index (χ0v) is 16.5. The van der Waals surface area contributed by atoms with Crippen LogP contribution in [-0.2, 0) is 22.4 Å². The summed E-state index contributed by atoms with van der Waals surface area (Å²) in [7, 11) is 0. The van der Waals surface area contributed by atoms with E-state index in [9.17, 15) is 9.59 Å². The molecule has 1 aliphatic rings. The first-order chi connectivity index (χ1) is 12.4. The van der Waals surface area contributed by atoms with Gasteiger partial charge in [-0.3, -0.25) is 4.79 Å².